The van der Waals surface area contributed by atoms with Gasteiger partial charge >= 0.3 is 0 Å². The highest BCUT2D eigenvalue weighted by atomic mass is 35.5. The number of hydrogen-bond acceptors (Lipinski definition) is 9. The van der Waals surface area contributed by atoms with Crippen molar-refractivity contribution in [2.45, 2.75) is 44.8 Å². The van der Waals surface area contributed by atoms with Gasteiger partial charge < -0.3 is 31.7 Å². The molecule has 0 radical (unpaired) electrons. The molecular formula is C23H30ClN9O. The Morgan fingerprint density at radius 1 is 1.15 bits per heavy atom. The molecule has 34 heavy (non-hydrogen) atoms. The van der Waals surface area contributed by atoms with Crippen molar-refractivity contribution in [3.8, 4) is 0 Å². The summed E-state index contributed by atoms with van der Waals surface area (Å²) in [6, 6.07) is 4.48. The van der Waals surface area contributed by atoms with Gasteiger partial charge in [-0.3, -0.25) is 0 Å². The number of hydrogen-bond donors (Lipinski definition) is 4. The third kappa shape index (κ3) is 3.94. The minimum atomic E-state index is 0.329. The summed E-state index contributed by atoms with van der Waals surface area (Å²) >= 11 is 6.95. The molecule has 180 valence electrons. The van der Waals surface area contributed by atoms with Gasteiger partial charge in [0.1, 0.15) is 0 Å². The lowest BCUT2D eigenvalue weighted by Crippen LogP contribution is -2.51. The molecule has 0 atom stereocenters. The highest BCUT2D eigenvalue weighted by molar-refractivity contribution is 6.36. The van der Waals surface area contributed by atoms with E-state index in [4.69, 9.17) is 32.8 Å². The fourth-order valence-electron chi connectivity index (χ4n) is 4.77. The molecule has 0 unspecified atom stereocenters. The lowest BCUT2D eigenvalue weighted by Gasteiger charge is -2.48. The second-order valence-corrected chi connectivity index (χ2v) is 10.1. The molecule has 3 aromatic rings. The van der Waals surface area contributed by atoms with Gasteiger partial charge in [0.15, 0.2) is 11.5 Å². The zero-order chi connectivity index (χ0) is 23.3. The van der Waals surface area contributed by atoms with Crippen LogP contribution in [-0.2, 0) is 17.8 Å². The number of aromatic nitrogens is 4. The number of benzene rings is 1. The van der Waals surface area contributed by atoms with E-state index in [9.17, 15) is 0 Å². The molecule has 4 heterocycles. The van der Waals surface area contributed by atoms with Crippen molar-refractivity contribution >= 4 is 40.4 Å². The van der Waals surface area contributed by atoms with E-state index >= 15 is 0 Å². The largest absolute Gasteiger partial charge is 0.380 e. The van der Waals surface area contributed by atoms with Crippen molar-refractivity contribution in [2.24, 2.45) is 16.9 Å². The molecule has 2 saturated heterocycles. The van der Waals surface area contributed by atoms with E-state index in [1.54, 1.807) is 10.7 Å². The number of nitrogens with two attached hydrogens (primary N) is 2. The number of ether oxygens (including phenoxy) is 1. The molecule has 10 nitrogen and oxygen atoms in total. The molecule has 3 fully saturated rings. The van der Waals surface area contributed by atoms with Crippen molar-refractivity contribution in [3.05, 3.63) is 34.6 Å². The monoisotopic (exact) mass is 483 g/mol. The third-order valence-electron chi connectivity index (χ3n) is 7.14. The minimum absolute atomic E-state index is 0.329. The van der Waals surface area contributed by atoms with Gasteiger partial charge in [0.25, 0.3) is 0 Å². The number of anilines is 4. The molecule has 1 aliphatic carbocycles. The van der Waals surface area contributed by atoms with E-state index in [-0.39, 0.29) is 0 Å². The number of piperidine rings is 1. The molecular weight excluding hydrogens is 454 g/mol. The SMILES string of the molecule is NCc1cc(Nc2nc(NC3CC3)c3ncc(CN)n3n2)c(Cl)c(N2CCC3(CC2)COC3)c1. The standard InChI is InChI=1S/C23H30ClN9O/c24-19-17(7-14(9-25)8-18(19)32-5-3-23(4-6-32)12-34-13-23)29-22-30-20(28-15-1-2-15)21-27-11-16(10-26)33(21)31-22/h7-8,11,15H,1-6,9-10,12-13,25-26H2,(H2,28,29,30,31). The van der Waals surface area contributed by atoms with Gasteiger partial charge in [-0.25, -0.2) is 9.50 Å². The molecule has 11 heteroatoms. The topological polar surface area (TPSA) is 132 Å². The Kier molecular flexibility index (Phi) is 5.48. The van der Waals surface area contributed by atoms with Crippen molar-refractivity contribution in [3.63, 3.8) is 0 Å². The van der Waals surface area contributed by atoms with Crippen LogP contribution in [0.5, 0.6) is 0 Å². The first-order valence-corrected chi connectivity index (χ1v) is 12.3. The van der Waals surface area contributed by atoms with Crippen LogP contribution < -0.4 is 27.0 Å². The Labute approximate surface area is 203 Å². The summed E-state index contributed by atoms with van der Waals surface area (Å²) in [6.07, 6.45) is 6.21. The molecule has 3 aliphatic rings. The summed E-state index contributed by atoms with van der Waals surface area (Å²) in [5.41, 5.74) is 16.5. The quantitative estimate of drug-likeness (QED) is 0.400. The number of halogens is 1. The third-order valence-corrected chi connectivity index (χ3v) is 7.53. The molecule has 0 bridgehead atoms. The van der Waals surface area contributed by atoms with Gasteiger partial charge in [0, 0.05) is 37.6 Å². The molecule has 1 spiro atoms. The first-order valence-electron chi connectivity index (χ1n) is 11.9. The van der Waals surface area contributed by atoms with Crippen LogP contribution in [0.4, 0.5) is 23.1 Å². The minimum Gasteiger partial charge on any atom is -0.380 e. The van der Waals surface area contributed by atoms with Crippen LogP contribution in [0.3, 0.4) is 0 Å². The number of rotatable bonds is 7. The van der Waals surface area contributed by atoms with E-state index in [0.717, 1.165) is 74.6 Å². The first kappa shape index (κ1) is 21.8. The smallest absolute Gasteiger partial charge is 0.247 e. The fourth-order valence-corrected chi connectivity index (χ4v) is 5.04. The number of fused-ring (bicyclic) bond motifs is 1. The maximum Gasteiger partial charge on any atom is 0.247 e. The van der Waals surface area contributed by atoms with Gasteiger partial charge in [-0.05, 0) is 43.4 Å². The van der Waals surface area contributed by atoms with Gasteiger partial charge in [-0.1, -0.05) is 11.6 Å². The summed E-state index contributed by atoms with van der Waals surface area (Å²) in [5.74, 6) is 1.12. The van der Waals surface area contributed by atoms with Crippen LogP contribution in [-0.4, -0.2) is 51.9 Å². The Hall–Kier alpha value is -2.66. The number of imidazole rings is 1. The van der Waals surface area contributed by atoms with Crippen LogP contribution in [0, 0.1) is 5.41 Å². The second-order valence-electron chi connectivity index (χ2n) is 9.68. The van der Waals surface area contributed by atoms with E-state index < -0.39 is 0 Å². The predicted octanol–water partition coefficient (Wildman–Crippen LogP) is 2.63. The highest BCUT2D eigenvalue weighted by Gasteiger charge is 2.41. The predicted molar refractivity (Wildman–Crippen MR) is 133 cm³/mol. The van der Waals surface area contributed by atoms with Gasteiger partial charge in [-0.15, -0.1) is 5.10 Å². The summed E-state index contributed by atoms with van der Waals surface area (Å²) in [6.45, 7) is 4.39. The second kappa shape index (κ2) is 8.53. The van der Waals surface area contributed by atoms with E-state index in [2.05, 4.69) is 31.7 Å². The average molecular weight is 484 g/mol. The van der Waals surface area contributed by atoms with Crippen molar-refractivity contribution in [1.82, 2.24) is 19.6 Å². The fraction of sp³-hybridized carbons (Fsp3) is 0.522. The molecule has 1 saturated carbocycles. The number of nitrogens with zero attached hydrogens (tertiary/aromatic N) is 5. The van der Waals surface area contributed by atoms with Crippen molar-refractivity contribution in [2.75, 3.05) is 41.8 Å². The van der Waals surface area contributed by atoms with E-state index in [1.807, 2.05) is 6.07 Å². The van der Waals surface area contributed by atoms with E-state index in [1.165, 1.54) is 0 Å². The van der Waals surface area contributed by atoms with Crippen LogP contribution in [0.25, 0.3) is 5.65 Å². The summed E-state index contributed by atoms with van der Waals surface area (Å²) in [5, 5.41) is 12.1. The summed E-state index contributed by atoms with van der Waals surface area (Å²) < 4.78 is 7.22. The van der Waals surface area contributed by atoms with E-state index in [0.29, 0.717) is 47.0 Å². The Bertz CT molecular complexity index is 1210. The zero-order valence-corrected chi connectivity index (χ0v) is 19.8. The average Bonchev–Trinajstić information content (AvgIpc) is 3.55. The van der Waals surface area contributed by atoms with Gasteiger partial charge in [0.05, 0.1) is 41.5 Å². The lowest BCUT2D eigenvalue weighted by molar-refractivity contribution is -0.124. The summed E-state index contributed by atoms with van der Waals surface area (Å²) in [4.78, 5) is 11.5. The maximum atomic E-state index is 6.95. The Morgan fingerprint density at radius 3 is 2.59 bits per heavy atom. The zero-order valence-electron chi connectivity index (χ0n) is 19.1. The molecule has 2 aliphatic heterocycles. The first-order chi connectivity index (χ1) is 16.6. The van der Waals surface area contributed by atoms with Crippen molar-refractivity contribution < 1.29 is 4.74 Å². The number of nitrogens with one attached hydrogen (secondary N) is 2. The molecule has 2 aromatic heterocycles. The van der Waals surface area contributed by atoms with Crippen molar-refractivity contribution in [1.29, 1.82) is 0 Å². The lowest BCUT2D eigenvalue weighted by atomic mass is 9.77. The molecule has 6 N–H and O–H groups in total. The Morgan fingerprint density at radius 2 is 1.94 bits per heavy atom. The maximum absolute atomic E-state index is 6.95. The van der Waals surface area contributed by atoms with Crippen LogP contribution >= 0.6 is 11.6 Å². The van der Waals surface area contributed by atoms with Gasteiger partial charge in [-0.2, -0.15) is 4.98 Å². The highest BCUT2D eigenvalue weighted by Crippen LogP contribution is 2.42. The van der Waals surface area contributed by atoms with Crippen LogP contribution in [0.2, 0.25) is 5.02 Å². The molecule has 0 amide bonds. The van der Waals surface area contributed by atoms with Gasteiger partial charge in [0.2, 0.25) is 5.95 Å². The van der Waals surface area contributed by atoms with Crippen LogP contribution in [0.1, 0.15) is 36.9 Å². The molecule has 1 aromatic carbocycles. The Balaban J connectivity index is 1.33. The molecule has 6 rings (SSSR count). The van der Waals surface area contributed by atoms with Crippen LogP contribution in [0.15, 0.2) is 18.3 Å². The summed E-state index contributed by atoms with van der Waals surface area (Å²) in [7, 11) is 0. The normalized spacial score (nSPS) is 19.4.